The van der Waals surface area contributed by atoms with Crippen molar-refractivity contribution in [3.63, 3.8) is 0 Å². The van der Waals surface area contributed by atoms with Crippen LogP contribution in [0.3, 0.4) is 0 Å². The molecule has 8 heteroatoms. The first-order chi connectivity index (χ1) is 16.5. The number of hydrogen-bond donors (Lipinski definition) is 1. The zero-order valence-corrected chi connectivity index (χ0v) is 19.6. The van der Waals surface area contributed by atoms with Crippen molar-refractivity contribution in [1.29, 1.82) is 0 Å². The quantitative estimate of drug-likeness (QED) is 0.565. The number of terminal acetylenes is 1. The van der Waals surface area contributed by atoms with Crippen molar-refractivity contribution in [1.82, 2.24) is 19.5 Å². The molecule has 3 aromatic rings. The molecule has 2 aliphatic rings. The van der Waals surface area contributed by atoms with Crippen molar-refractivity contribution in [3.05, 3.63) is 42.6 Å². The molecule has 0 amide bonds. The summed E-state index contributed by atoms with van der Waals surface area (Å²) in [5.41, 5.74) is 0.441. The van der Waals surface area contributed by atoms with Crippen LogP contribution in [0.1, 0.15) is 44.2 Å². The lowest BCUT2D eigenvalue weighted by Crippen LogP contribution is -2.36. The van der Waals surface area contributed by atoms with Crippen LogP contribution in [0.15, 0.2) is 37.1 Å². The van der Waals surface area contributed by atoms with Gasteiger partial charge in [0.1, 0.15) is 17.5 Å². The topological polar surface area (TPSA) is 85.5 Å². The van der Waals surface area contributed by atoms with Crippen LogP contribution in [0, 0.1) is 12.3 Å². The number of nitrogens with zero attached hydrogens (tertiary/aromatic N) is 5. The van der Waals surface area contributed by atoms with Gasteiger partial charge in [-0.3, -0.25) is 4.98 Å². The third-order valence-corrected chi connectivity index (χ3v) is 6.75. The summed E-state index contributed by atoms with van der Waals surface area (Å²) in [5, 5.41) is 11.2. The summed E-state index contributed by atoms with van der Waals surface area (Å²) in [6.07, 6.45) is 17.4. The molecule has 0 spiro atoms. The van der Waals surface area contributed by atoms with Gasteiger partial charge in [0, 0.05) is 50.2 Å². The Bertz CT molecular complexity index is 1160. The van der Waals surface area contributed by atoms with Gasteiger partial charge in [-0.05, 0) is 44.2 Å². The lowest BCUT2D eigenvalue weighted by Gasteiger charge is -2.31. The largest absolute Gasteiger partial charge is 0.474 e. The molecule has 3 aromatic heterocycles. The Morgan fingerprint density at radius 2 is 2.03 bits per heavy atom. The number of aliphatic hydroxyl groups is 1. The van der Waals surface area contributed by atoms with Gasteiger partial charge >= 0.3 is 0 Å². The summed E-state index contributed by atoms with van der Waals surface area (Å²) in [4.78, 5) is 16.0. The fraction of sp³-hybridized carbons (Fsp3) is 0.500. The normalized spacial score (nSPS) is 22.8. The summed E-state index contributed by atoms with van der Waals surface area (Å²) >= 11 is 0. The fourth-order valence-electron chi connectivity index (χ4n) is 4.82. The lowest BCUT2D eigenvalue weighted by atomic mass is 9.93. The highest BCUT2D eigenvalue weighted by Crippen LogP contribution is 2.34. The van der Waals surface area contributed by atoms with Crippen LogP contribution in [-0.4, -0.2) is 62.6 Å². The van der Waals surface area contributed by atoms with E-state index in [-0.39, 0.29) is 6.10 Å². The Hall–Kier alpha value is -3.15. The minimum atomic E-state index is -1.23. The fourth-order valence-corrected chi connectivity index (χ4v) is 4.82. The van der Waals surface area contributed by atoms with Crippen molar-refractivity contribution >= 4 is 16.7 Å². The Balaban J connectivity index is 1.42. The van der Waals surface area contributed by atoms with Crippen LogP contribution in [-0.2, 0) is 11.2 Å². The summed E-state index contributed by atoms with van der Waals surface area (Å²) in [5.74, 6) is 3.89. The van der Waals surface area contributed by atoms with Gasteiger partial charge in [-0.2, -0.15) is 4.98 Å². The van der Waals surface area contributed by atoms with Crippen molar-refractivity contribution in [2.75, 3.05) is 31.2 Å². The van der Waals surface area contributed by atoms with Crippen LogP contribution >= 0.6 is 0 Å². The maximum absolute atomic E-state index is 10.4. The number of aromatic nitrogens is 4. The molecular formula is C26H31N5O3. The maximum atomic E-state index is 10.4. The highest BCUT2D eigenvalue weighted by atomic mass is 16.5. The van der Waals surface area contributed by atoms with E-state index in [1.54, 1.807) is 13.1 Å². The number of pyridine rings is 2. The van der Waals surface area contributed by atoms with Gasteiger partial charge in [0.05, 0.1) is 30.4 Å². The Kier molecular flexibility index (Phi) is 6.40. The van der Waals surface area contributed by atoms with Gasteiger partial charge in [-0.1, -0.05) is 5.92 Å². The predicted octanol–water partition coefficient (Wildman–Crippen LogP) is 3.15. The number of ether oxygens (including phenoxy) is 2. The second kappa shape index (κ2) is 9.61. The second-order valence-corrected chi connectivity index (χ2v) is 9.45. The molecule has 1 saturated carbocycles. The maximum Gasteiger partial charge on any atom is 0.225 e. The third kappa shape index (κ3) is 5.01. The summed E-state index contributed by atoms with van der Waals surface area (Å²) in [7, 11) is 0. The molecule has 8 nitrogen and oxygen atoms in total. The zero-order chi connectivity index (χ0) is 23.5. The van der Waals surface area contributed by atoms with E-state index in [1.165, 1.54) is 0 Å². The van der Waals surface area contributed by atoms with E-state index in [2.05, 4.69) is 25.4 Å². The van der Waals surface area contributed by atoms with Gasteiger partial charge in [0.15, 0.2) is 0 Å². The molecule has 178 valence electrons. The summed E-state index contributed by atoms with van der Waals surface area (Å²) in [6, 6.07) is 4.47. The van der Waals surface area contributed by atoms with Gasteiger partial charge in [0.25, 0.3) is 0 Å². The third-order valence-electron chi connectivity index (χ3n) is 6.75. The van der Waals surface area contributed by atoms with Crippen LogP contribution in [0.5, 0.6) is 5.88 Å². The molecule has 1 saturated heterocycles. The minimum Gasteiger partial charge on any atom is -0.474 e. The van der Waals surface area contributed by atoms with Crippen LogP contribution in [0.2, 0.25) is 0 Å². The molecule has 34 heavy (non-hydrogen) atoms. The standard InChI is InChI=1S/C26H31N5O3/c1-3-26(2,32)16-19-14-22-23(28-17-19)15-24(30-10-12-33-13-11-30)29-25(22)34-21-6-4-20(5-7-21)31-9-8-27-18-31/h1,8-9,14-15,17-18,20-21,32H,4-7,10-13,16H2,2H3. The molecule has 1 atom stereocenters. The Morgan fingerprint density at radius 1 is 1.24 bits per heavy atom. The van der Waals surface area contributed by atoms with Crippen LogP contribution in [0.4, 0.5) is 5.82 Å². The monoisotopic (exact) mass is 461 g/mol. The van der Waals surface area contributed by atoms with E-state index in [9.17, 15) is 5.11 Å². The van der Waals surface area contributed by atoms with Crippen LogP contribution < -0.4 is 9.64 Å². The zero-order valence-electron chi connectivity index (χ0n) is 19.6. The van der Waals surface area contributed by atoms with Gasteiger partial charge < -0.3 is 24.0 Å². The lowest BCUT2D eigenvalue weighted by molar-refractivity contribution is 0.121. The first kappa shape index (κ1) is 22.6. The second-order valence-electron chi connectivity index (χ2n) is 9.45. The first-order valence-electron chi connectivity index (χ1n) is 12.0. The molecule has 1 aliphatic carbocycles. The van der Waals surface area contributed by atoms with Crippen molar-refractivity contribution in [2.45, 2.75) is 56.8 Å². The number of anilines is 1. The van der Waals surface area contributed by atoms with E-state index in [0.29, 0.717) is 31.6 Å². The molecule has 4 heterocycles. The van der Waals surface area contributed by atoms with Crippen molar-refractivity contribution < 1.29 is 14.6 Å². The number of fused-ring (bicyclic) bond motifs is 1. The van der Waals surface area contributed by atoms with Gasteiger partial charge in [-0.15, -0.1) is 6.42 Å². The number of rotatable bonds is 6. The summed E-state index contributed by atoms with van der Waals surface area (Å²) in [6.45, 7) is 4.57. The van der Waals surface area contributed by atoms with E-state index in [4.69, 9.17) is 20.9 Å². The van der Waals surface area contributed by atoms with E-state index in [0.717, 1.165) is 61.1 Å². The van der Waals surface area contributed by atoms with E-state index >= 15 is 0 Å². The molecular weight excluding hydrogens is 430 g/mol. The minimum absolute atomic E-state index is 0.0906. The van der Waals surface area contributed by atoms with Crippen molar-refractivity contribution in [2.24, 2.45) is 0 Å². The SMILES string of the molecule is C#CC(C)(O)Cc1cnc2cc(N3CCOCC3)nc(OC3CCC(n4ccnc4)CC3)c2c1. The molecule has 5 rings (SSSR count). The average molecular weight is 462 g/mol. The summed E-state index contributed by atoms with van der Waals surface area (Å²) < 4.78 is 14.2. The molecule has 0 aromatic carbocycles. The van der Waals surface area contributed by atoms with Crippen LogP contribution in [0.25, 0.3) is 10.9 Å². The average Bonchev–Trinajstić information content (AvgIpc) is 3.40. The highest BCUT2D eigenvalue weighted by molar-refractivity contribution is 5.86. The van der Waals surface area contributed by atoms with Gasteiger partial charge in [-0.25, -0.2) is 4.98 Å². The number of hydrogen-bond acceptors (Lipinski definition) is 7. The molecule has 1 N–H and O–H groups in total. The molecule has 0 bridgehead atoms. The smallest absolute Gasteiger partial charge is 0.225 e. The number of imidazole rings is 1. The Labute approximate surface area is 199 Å². The molecule has 1 aliphatic heterocycles. The molecule has 1 unspecified atom stereocenters. The molecule has 2 fully saturated rings. The first-order valence-corrected chi connectivity index (χ1v) is 12.0. The van der Waals surface area contributed by atoms with E-state index < -0.39 is 5.60 Å². The van der Waals surface area contributed by atoms with Gasteiger partial charge in [0.2, 0.25) is 5.88 Å². The molecule has 0 radical (unpaired) electrons. The number of morpholine rings is 1. The van der Waals surface area contributed by atoms with E-state index in [1.807, 2.05) is 30.9 Å². The van der Waals surface area contributed by atoms with Crippen molar-refractivity contribution in [3.8, 4) is 18.2 Å². The predicted molar refractivity (Wildman–Crippen MR) is 130 cm³/mol. The highest BCUT2D eigenvalue weighted by Gasteiger charge is 2.26. The Morgan fingerprint density at radius 3 is 2.74 bits per heavy atom.